The van der Waals surface area contributed by atoms with Crippen molar-refractivity contribution in [2.75, 3.05) is 0 Å². The van der Waals surface area contributed by atoms with Crippen LogP contribution in [-0.2, 0) is 10.0 Å². The van der Waals surface area contributed by atoms with E-state index in [1.807, 2.05) is 60.7 Å². The van der Waals surface area contributed by atoms with Crippen molar-refractivity contribution in [2.45, 2.75) is 4.90 Å². The van der Waals surface area contributed by atoms with Crippen LogP contribution in [0.1, 0.15) is 0 Å². The van der Waals surface area contributed by atoms with Gasteiger partial charge in [-0.1, -0.05) is 54.6 Å². The van der Waals surface area contributed by atoms with Gasteiger partial charge >= 0.3 is 0 Å². The van der Waals surface area contributed by atoms with E-state index in [-0.39, 0.29) is 0 Å². The van der Waals surface area contributed by atoms with Gasteiger partial charge in [-0.15, -0.1) is 0 Å². The van der Waals surface area contributed by atoms with Crippen LogP contribution < -0.4 is 0 Å². The third-order valence-corrected chi connectivity index (χ3v) is 5.60. The molecule has 0 aliphatic carbocycles. The molecule has 0 aliphatic heterocycles. The molecule has 22 heavy (non-hydrogen) atoms. The van der Waals surface area contributed by atoms with Gasteiger partial charge in [-0.05, 0) is 23.6 Å². The predicted octanol–water partition coefficient (Wildman–Crippen LogP) is 4.03. The molecule has 0 radical (unpaired) electrons. The molecule has 0 saturated carbocycles. The van der Waals surface area contributed by atoms with E-state index in [0.29, 0.717) is 10.4 Å². The molecule has 0 unspecified atom stereocenters. The SMILES string of the molecule is O=S(=O)(c1cccc2ccccc12)n1ccc2ccccc21. The first-order valence-corrected chi connectivity index (χ1v) is 8.41. The second-order valence-electron chi connectivity index (χ2n) is 5.15. The summed E-state index contributed by atoms with van der Waals surface area (Å²) in [6.07, 6.45) is 1.61. The molecule has 0 aliphatic rings. The minimum atomic E-state index is -3.63. The maximum Gasteiger partial charge on any atom is 0.268 e. The average Bonchev–Trinajstić information content (AvgIpc) is 2.99. The molecular weight excluding hydrogens is 294 g/mol. The Hall–Kier alpha value is -2.59. The largest absolute Gasteiger partial charge is 0.268 e. The van der Waals surface area contributed by atoms with Crippen molar-refractivity contribution in [3.8, 4) is 0 Å². The topological polar surface area (TPSA) is 39.1 Å². The number of hydrogen-bond acceptors (Lipinski definition) is 2. The number of benzene rings is 3. The van der Waals surface area contributed by atoms with Crippen LogP contribution >= 0.6 is 0 Å². The Morgan fingerprint density at radius 2 is 1.36 bits per heavy atom. The maximum atomic E-state index is 13.1. The van der Waals surface area contributed by atoms with E-state index >= 15 is 0 Å². The van der Waals surface area contributed by atoms with Gasteiger partial charge in [0.1, 0.15) is 0 Å². The van der Waals surface area contributed by atoms with E-state index in [1.54, 1.807) is 18.3 Å². The molecule has 3 aromatic carbocycles. The van der Waals surface area contributed by atoms with Crippen LogP contribution in [0.25, 0.3) is 21.7 Å². The van der Waals surface area contributed by atoms with Crippen LogP contribution in [-0.4, -0.2) is 12.4 Å². The number of aromatic nitrogens is 1. The summed E-state index contributed by atoms with van der Waals surface area (Å²) in [5, 5.41) is 2.56. The summed E-state index contributed by atoms with van der Waals surface area (Å²) in [5.74, 6) is 0. The molecule has 0 spiro atoms. The minimum Gasteiger partial charge on any atom is -0.241 e. The molecule has 1 aromatic heterocycles. The zero-order valence-corrected chi connectivity index (χ0v) is 12.5. The second-order valence-corrected chi connectivity index (χ2v) is 6.94. The summed E-state index contributed by atoms with van der Waals surface area (Å²) in [4.78, 5) is 0.326. The first kappa shape index (κ1) is 13.1. The van der Waals surface area contributed by atoms with Crippen LogP contribution in [0.5, 0.6) is 0 Å². The Kier molecular flexibility index (Phi) is 2.81. The van der Waals surface area contributed by atoms with Gasteiger partial charge in [-0.25, -0.2) is 12.4 Å². The Morgan fingerprint density at radius 1 is 0.682 bits per heavy atom. The fourth-order valence-corrected chi connectivity index (χ4v) is 4.37. The molecule has 3 nitrogen and oxygen atoms in total. The summed E-state index contributed by atoms with van der Waals surface area (Å²) < 4.78 is 27.5. The quantitative estimate of drug-likeness (QED) is 0.561. The molecule has 4 heteroatoms. The van der Waals surface area contributed by atoms with E-state index in [0.717, 1.165) is 16.2 Å². The third-order valence-electron chi connectivity index (χ3n) is 3.85. The lowest BCUT2D eigenvalue weighted by molar-refractivity contribution is 0.590. The Labute approximate surface area is 128 Å². The van der Waals surface area contributed by atoms with E-state index in [4.69, 9.17) is 0 Å². The lowest BCUT2D eigenvalue weighted by Gasteiger charge is -2.10. The molecule has 108 valence electrons. The van der Waals surface area contributed by atoms with Gasteiger partial charge in [0.2, 0.25) is 0 Å². The van der Waals surface area contributed by atoms with Crippen molar-refractivity contribution < 1.29 is 8.42 Å². The highest BCUT2D eigenvalue weighted by Gasteiger charge is 2.20. The van der Waals surface area contributed by atoms with Gasteiger partial charge in [-0.3, -0.25) is 0 Å². The van der Waals surface area contributed by atoms with Gasteiger partial charge in [-0.2, -0.15) is 0 Å². The Balaban J connectivity index is 2.05. The molecule has 0 amide bonds. The van der Waals surface area contributed by atoms with Gasteiger partial charge in [0.25, 0.3) is 10.0 Å². The first-order chi connectivity index (χ1) is 10.7. The highest BCUT2D eigenvalue weighted by Crippen LogP contribution is 2.27. The number of para-hydroxylation sites is 1. The van der Waals surface area contributed by atoms with Crippen molar-refractivity contribution in [3.05, 3.63) is 79.0 Å². The van der Waals surface area contributed by atoms with Crippen LogP contribution in [0.4, 0.5) is 0 Å². The molecule has 0 atom stereocenters. The third kappa shape index (κ3) is 1.84. The molecule has 0 bridgehead atoms. The van der Waals surface area contributed by atoms with Crippen LogP contribution in [0.3, 0.4) is 0 Å². The average molecular weight is 307 g/mol. The first-order valence-electron chi connectivity index (χ1n) is 6.97. The summed E-state index contributed by atoms with van der Waals surface area (Å²) in [6, 6.07) is 22.2. The maximum absolute atomic E-state index is 13.1. The monoisotopic (exact) mass is 307 g/mol. The normalized spacial score (nSPS) is 12.0. The number of rotatable bonds is 2. The van der Waals surface area contributed by atoms with Gasteiger partial charge in [0.15, 0.2) is 0 Å². The Bertz CT molecular complexity index is 1090. The highest BCUT2D eigenvalue weighted by molar-refractivity contribution is 7.90. The van der Waals surface area contributed by atoms with E-state index < -0.39 is 10.0 Å². The zero-order valence-electron chi connectivity index (χ0n) is 11.7. The molecular formula is C18H13NO2S. The standard InChI is InChI=1S/C18H13NO2S/c20-22(21,19-13-12-15-7-2-4-10-17(15)19)18-11-5-8-14-6-1-3-9-16(14)18/h1-13H. The number of fused-ring (bicyclic) bond motifs is 2. The Morgan fingerprint density at radius 3 is 2.23 bits per heavy atom. The van der Waals surface area contributed by atoms with Crippen molar-refractivity contribution in [3.63, 3.8) is 0 Å². The van der Waals surface area contributed by atoms with Gasteiger partial charge in [0, 0.05) is 17.0 Å². The second kappa shape index (κ2) is 4.71. The lowest BCUT2D eigenvalue weighted by Crippen LogP contribution is -2.12. The van der Waals surface area contributed by atoms with Gasteiger partial charge in [0.05, 0.1) is 10.4 Å². The lowest BCUT2D eigenvalue weighted by atomic mass is 10.1. The predicted molar refractivity (Wildman–Crippen MR) is 88.5 cm³/mol. The van der Waals surface area contributed by atoms with E-state index in [2.05, 4.69) is 0 Å². The highest BCUT2D eigenvalue weighted by atomic mass is 32.2. The van der Waals surface area contributed by atoms with E-state index in [9.17, 15) is 8.42 Å². The fourth-order valence-electron chi connectivity index (χ4n) is 2.79. The van der Waals surface area contributed by atoms with E-state index in [1.165, 1.54) is 3.97 Å². The van der Waals surface area contributed by atoms with Crippen LogP contribution in [0.15, 0.2) is 83.9 Å². The number of hydrogen-bond donors (Lipinski definition) is 0. The summed E-state index contributed by atoms with van der Waals surface area (Å²) in [5.41, 5.74) is 0.690. The number of nitrogens with zero attached hydrogens (tertiary/aromatic N) is 1. The van der Waals surface area contributed by atoms with Crippen molar-refractivity contribution in [2.24, 2.45) is 0 Å². The summed E-state index contributed by atoms with van der Waals surface area (Å²) in [7, 11) is -3.63. The minimum absolute atomic E-state index is 0.326. The summed E-state index contributed by atoms with van der Waals surface area (Å²) >= 11 is 0. The molecule has 0 fully saturated rings. The van der Waals surface area contributed by atoms with Crippen LogP contribution in [0, 0.1) is 0 Å². The summed E-state index contributed by atoms with van der Waals surface area (Å²) in [6.45, 7) is 0. The fraction of sp³-hybridized carbons (Fsp3) is 0. The van der Waals surface area contributed by atoms with Gasteiger partial charge < -0.3 is 0 Å². The van der Waals surface area contributed by atoms with Crippen molar-refractivity contribution >= 4 is 31.7 Å². The molecule has 4 aromatic rings. The smallest absolute Gasteiger partial charge is 0.241 e. The molecule has 0 saturated heterocycles. The van der Waals surface area contributed by atoms with Crippen molar-refractivity contribution in [1.82, 2.24) is 3.97 Å². The zero-order chi connectivity index (χ0) is 15.2. The van der Waals surface area contributed by atoms with Crippen molar-refractivity contribution in [1.29, 1.82) is 0 Å². The molecule has 4 rings (SSSR count). The molecule has 1 heterocycles. The molecule has 0 N–H and O–H groups in total. The van der Waals surface area contributed by atoms with Crippen LogP contribution in [0.2, 0.25) is 0 Å².